The second-order valence-corrected chi connectivity index (χ2v) is 5.23. The molecule has 0 radical (unpaired) electrons. The van der Waals surface area contributed by atoms with E-state index in [0.717, 1.165) is 5.56 Å². The Balaban J connectivity index is 2.52. The molecule has 16 heavy (non-hydrogen) atoms. The molecule has 0 bridgehead atoms. The lowest BCUT2D eigenvalue weighted by Gasteiger charge is -2.18. The highest BCUT2D eigenvalue weighted by molar-refractivity contribution is 7.86. The van der Waals surface area contributed by atoms with Crippen molar-refractivity contribution in [3.05, 3.63) is 35.9 Å². The molecule has 0 aliphatic carbocycles. The van der Waals surface area contributed by atoms with Gasteiger partial charge >= 0.3 is 0 Å². The van der Waals surface area contributed by atoms with E-state index in [9.17, 15) is 8.42 Å². The van der Waals surface area contributed by atoms with E-state index in [0.29, 0.717) is 6.54 Å². The minimum absolute atomic E-state index is 0.131. The Morgan fingerprint density at radius 3 is 2.38 bits per heavy atom. The van der Waals surface area contributed by atoms with E-state index in [-0.39, 0.29) is 6.54 Å². The van der Waals surface area contributed by atoms with Crippen molar-refractivity contribution < 1.29 is 18.1 Å². The lowest BCUT2D eigenvalue weighted by molar-refractivity contribution is 0.172. The first-order chi connectivity index (χ1) is 7.39. The third-order valence-electron chi connectivity index (χ3n) is 2.11. The molecule has 0 aliphatic rings. The first-order valence-electron chi connectivity index (χ1n) is 4.76. The fraction of sp³-hybridized carbons (Fsp3) is 0.400. The number of aliphatic hydroxyl groups excluding tert-OH is 1. The molecule has 0 heterocycles. The topological polar surface area (TPSA) is 77.8 Å². The summed E-state index contributed by atoms with van der Waals surface area (Å²) in [5, 5.41) is 9.15. The van der Waals surface area contributed by atoms with Gasteiger partial charge < -0.3 is 5.11 Å². The third-order valence-corrected chi connectivity index (χ3v) is 2.94. The standard InChI is InChI=1S/C10H15NO4S/c1-11(8-10(12)16(13,14)15)7-9-5-3-2-4-6-9/h2-6,10,12H,7-8H2,1H3,(H,13,14,15)/t10-/m0/s1. The third kappa shape index (κ3) is 4.28. The molecule has 1 aromatic rings. The van der Waals surface area contributed by atoms with Crippen molar-refractivity contribution in [1.29, 1.82) is 0 Å². The summed E-state index contributed by atoms with van der Waals surface area (Å²) < 4.78 is 29.8. The maximum Gasteiger partial charge on any atom is 0.293 e. The number of aliphatic hydroxyl groups is 1. The van der Waals surface area contributed by atoms with Gasteiger partial charge in [-0.05, 0) is 12.6 Å². The lowest BCUT2D eigenvalue weighted by atomic mass is 10.2. The van der Waals surface area contributed by atoms with Gasteiger partial charge in [-0.2, -0.15) is 8.42 Å². The molecule has 90 valence electrons. The van der Waals surface area contributed by atoms with Gasteiger partial charge in [-0.25, -0.2) is 0 Å². The fourth-order valence-electron chi connectivity index (χ4n) is 1.32. The highest BCUT2D eigenvalue weighted by atomic mass is 32.2. The van der Waals surface area contributed by atoms with E-state index in [1.54, 1.807) is 11.9 Å². The molecule has 1 atom stereocenters. The molecule has 6 heteroatoms. The van der Waals surface area contributed by atoms with Crippen LogP contribution in [0.2, 0.25) is 0 Å². The molecule has 0 saturated carbocycles. The van der Waals surface area contributed by atoms with Crippen LogP contribution < -0.4 is 0 Å². The summed E-state index contributed by atoms with van der Waals surface area (Å²) >= 11 is 0. The Morgan fingerprint density at radius 1 is 1.31 bits per heavy atom. The average Bonchev–Trinajstić information content (AvgIpc) is 2.17. The first-order valence-corrected chi connectivity index (χ1v) is 6.27. The van der Waals surface area contributed by atoms with Crippen molar-refractivity contribution in [2.24, 2.45) is 0 Å². The molecular weight excluding hydrogens is 230 g/mol. The minimum Gasteiger partial charge on any atom is -0.374 e. The van der Waals surface area contributed by atoms with E-state index in [4.69, 9.17) is 9.66 Å². The average molecular weight is 245 g/mol. The summed E-state index contributed by atoms with van der Waals surface area (Å²) in [5.74, 6) is 0. The van der Waals surface area contributed by atoms with Crippen molar-refractivity contribution in [3.63, 3.8) is 0 Å². The largest absolute Gasteiger partial charge is 0.374 e. The highest BCUT2D eigenvalue weighted by Gasteiger charge is 2.21. The highest BCUT2D eigenvalue weighted by Crippen LogP contribution is 2.04. The second-order valence-electron chi connectivity index (χ2n) is 3.65. The predicted octanol–water partition coefficient (Wildman–Crippen LogP) is 0.325. The second kappa shape index (κ2) is 5.40. The number of hydrogen-bond donors (Lipinski definition) is 2. The molecule has 0 fully saturated rings. The molecule has 0 aliphatic heterocycles. The summed E-state index contributed by atoms with van der Waals surface area (Å²) in [5.41, 5.74) is -0.756. The first kappa shape index (κ1) is 13.1. The maximum atomic E-state index is 10.6. The van der Waals surface area contributed by atoms with Crippen molar-refractivity contribution in [2.75, 3.05) is 13.6 Å². The normalized spacial score (nSPS) is 14.0. The van der Waals surface area contributed by atoms with Gasteiger partial charge in [0.15, 0.2) is 5.44 Å². The van der Waals surface area contributed by atoms with Gasteiger partial charge in [0.1, 0.15) is 0 Å². The Morgan fingerprint density at radius 2 is 1.88 bits per heavy atom. The van der Waals surface area contributed by atoms with Gasteiger partial charge in [-0.3, -0.25) is 9.45 Å². The Kier molecular flexibility index (Phi) is 4.43. The zero-order valence-electron chi connectivity index (χ0n) is 8.94. The van der Waals surface area contributed by atoms with Crippen molar-refractivity contribution in [2.45, 2.75) is 12.0 Å². The van der Waals surface area contributed by atoms with Crippen LogP contribution in [0.5, 0.6) is 0 Å². The fourth-order valence-corrected chi connectivity index (χ4v) is 1.76. The monoisotopic (exact) mass is 245 g/mol. The van der Waals surface area contributed by atoms with E-state index in [2.05, 4.69) is 0 Å². The van der Waals surface area contributed by atoms with Crippen LogP contribution in [0.1, 0.15) is 5.56 Å². The number of rotatable bonds is 5. The number of benzene rings is 1. The zero-order valence-corrected chi connectivity index (χ0v) is 9.76. The van der Waals surface area contributed by atoms with Gasteiger partial charge in [0, 0.05) is 13.1 Å². The molecule has 0 aromatic heterocycles. The molecule has 0 saturated heterocycles. The van der Waals surface area contributed by atoms with E-state index in [1.807, 2.05) is 30.3 Å². The van der Waals surface area contributed by atoms with E-state index >= 15 is 0 Å². The molecule has 0 unspecified atom stereocenters. The van der Waals surface area contributed by atoms with Crippen molar-refractivity contribution in [1.82, 2.24) is 4.90 Å². The smallest absolute Gasteiger partial charge is 0.293 e. The van der Waals surface area contributed by atoms with E-state index < -0.39 is 15.6 Å². The summed E-state index contributed by atoms with van der Waals surface area (Å²) in [6, 6.07) is 9.44. The molecule has 1 rings (SSSR count). The SMILES string of the molecule is CN(Cc1ccccc1)C[C@@H](O)S(=O)(=O)O. The summed E-state index contributed by atoms with van der Waals surface area (Å²) in [4.78, 5) is 1.62. The number of nitrogens with zero attached hydrogens (tertiary/aromatic N) is 1. The number of hydrogen-bond acceptors (Lipinski definition) is 4. The van der Waals surface area contributed by atoms with Gasteiger partial charge in [-0.15, -0.1) is 0 Å². The van der Waals surface area contributed by atoms with Gasteiger partial charge in [0.25, 0.3) is 10.1 Å². The van der Waals surface area contributed by atoms with Crippen LogP contribution in [-0.2, 0) is 16.7 Å². The Labute approximate surface area is 95.1 Å². The predicted molar refractivity (Wildman–Crippen MR) is 60.3 cm³/mol. The van der Waals surface area contributed by atoms with Crippen LogP contribution in [0.25, 0.3) is 0 Å². The van der Waals surface area contributed by atoms with Crippen LogP contribution in [0.4, 0.5) is 0 Å². The maximum absolute atomic E-state index is 10.6. The zero-order chi connectivity index (χ0) is 12.2. The van der Waals surface area contributed by atoms with Crippen LogP contribution in [0.15, 0.2) is 30.3 Å². The van der Waals surface area contributed by atoms with Crippen molar-refractivity contribution in [3.8, 4) is 0 Å². The summed E-state index contributed by atoms with van der Waals surface area (Å²) in [6.07, 6.45) is 0. The Bertz CT molecular complexity index is 418. The molecule has 0 spiro atoms. The van der Waals surface area contributed by atoms with Crippen LogP contribution in [0.3, 0.4) is 0 Å². The minimum atomic E-state index is -4.38. The molecule has 1 aromatic carbocycles. The van der Waals surface area contributed by atoms with Gasteiger partial charge in [0.05, 0.1) is 0 Å². The lowest BCUT2D eigenvalue weighted by Crippen LogP contribution is -2.34. The summed E-state index contributed by atoms with van der Waals surface area (Å²) in [6.45, 7) is 0.376. The molecular formula is C10H15NO4S. The molecule has 2 N–H and O–H groups in total. The molecule has 0 amide bonds. The Hall–Kier alpha value is -0.950. The van der Waals surface area contributed by atoms with Crippen LogP contribution >= 0.6 is 0 Å². The summed E-state index contributed by atoms with van der Waals surface area (Å²) in [7, 11) is -2.71. The quantitative estimate of drug-likeness (QED) is 0.731. The van der Waals surface area contributed by atoms with Crippen LogP contribution in [0, 0.1) is 0 Å². The van der Waals surface area contributed by atoms with Gasteiger partial charge in [-0.1, -0.05) is 30.3 Å². The van der Waals surface area contributed by atoms with Crippen LogP contribution in [-0.4, -0.2) is 42.0 Å². The van der Waals surface area contributed by atoms with Gasteiger partial charge in [0.2, 0.25) is 0 Å². The van der Waals surface area contributed by atoms with Crippen molar-refractivity contribution >= 4 is 10.1 Å². The molecule has 5 nitrogen and oxygen atoms in total. The number of likely N-dealkylation sites (N-methyl/N-ethyl adjacent to an activating group) is 1. The van der Waals surface area contributed by atoms with E-state index in [1.165, 1.54) is 0 Å².